The zero-order valence-electron chi connectivity index (χ0n) is 13.1. The molecular formula is C17H22N4O. The maximum Gasteiger partial charge on any atom is 0.267 e. The molecule has 1 heterocycles. The van der Waals surface area contributed by atoms with Crippen LogP contribution in [0.1, 0.15) is 36.7 Å². The van der Waals surface area contributed by atoms with E-state index in [-0.39, 0.29) is 5.69 Å². The Bertz CT molecular complexity index is 628. The van der Waals surface area contributed by atoms with Crippen LogP contribution in [-0.4, -0.2) is 29.5 Å². The van der Waals surface area contributed by atoms with Gasteiger partial charge < -0.3 is 10.6 Å². The predicted octanol–water partition coefficient (Wildman–Crippen LogP) is 2.87. The van der Waals surface area contributed by atoms with Gasteiger partial charge in [-0.2, -0.15) is 0 Å². The van der Waals surface area contributed by atoms with Crippen LogP contribution in [0.5, 0.6) is 0 Å². The first kappa shape index (κ1) is 15.9. The minimum absolute atomic E-state index is 0.242. The summed E-state index contributed by atoms with van der Waals surface area (Å²) in [5, 5.41) is 0. The van der Waals surface area contributed by atoms with E-state index >= 15 is 0 Å². The topological polar surface area (TPSA) is 72.1 Å². The highest BCUT2D eigenvalue weighted by Crippen LogP contribution is 2.20. The first-order valence-corrected chi connectivity index (χ1v) is 7.57. The van der Waals surface area contributed by atoms with Gasteiger partial charge in [-0.15, -0.1) is 0 Å². The van der Waals surface area contributed by atoms with Crippen molar-refractivity contribution in [1.82, 2.24) is 9.97 Å². The fraction of sp³-hybridized carbons (Fsp3) is 0.353. The molecule has 5 heteroatoms. The Morgan fingerprint density at radius 1 is 1.18 bits per heavy atom. The van der Waals surface area contributed by atoms with E-state index in [1.54, 1.807) is 6.07 Å². The van der Waals surface area contributed by atoms with Gasteiger partial charge in [0.25, 0.3) is 5.91 Å². The molecule has 0 bridgehead atoms. The van der Waals surface area contributed by atoms with E-state index in [4.69, 9.17) is 5.73 Å². The van der Waals surface area contributed by atoms with Crippen LogP contribution in [0.2, 0.25) is 0 Å². The van der Waals surface area contributed by atoms with Gasteiger partial charge in [0.2, 0.25) is 5.95 Å². The fourth-order valence-corrected chi connectivity index (χ4v) is 2.19. The number of hydrogen-bond donors (Lipinski definition) is 1. The third kappa shape index (κ3) is 4.04. The lowest BCUT2D eigenvalue weighted by Crippen LogP contribution is -2.23. The number of nitrogens with two attached hydrogens (primary N) is 1. The number of benzene rings is 1. The molecule has 1 amide bonds. The molecule has 0 fully saturated rings. The lowest BCUT2D eigenvalue weighted by molar-refractivity contribution is 0.0995. The lowest BCUT2D eigenvalue weighted by atomic mass is 10.1. The van der Waals surface area contributed by atoms with Crippen LogP contribution >= 0.6 is 0 Å². The summed E-state index contributed by atoms with van der Waals surface area (Å²) in [7, 11) is 1.94. The molecule has 2 rings (SSSR count). The standard InChI is InChI=1S/C17H22N4O/c1-3-4-8-11-21(2)17-19-14(12-15(20-17)16(18)22)13-9-6-5-7-10-13/h5-7,9-10,12H,3-4,8,11H2,1-2H3,(H2,18,22). The van der Waals surface area contributed by atoms with Crippen molar-refractivity contribution in [2.75, 3.05) is 18.5 Å². The molecule has 2 aromatic rings. The molecule has 0 unspecified atom stereocenters. The third-order valence-corrected chi connectivity index (χ3v) is 3.47. The largest absolute Gasteiger partial charge is 0.364 e. The van der Waals surface area contributed by atoms with Crippen molar-refractivity contribution in [3.63, 3.8) is 0 Å². The van der Waals surface area contributed by atoms with Crippen LogP contribution in [0.3, 0.4) is 0 Å². The molecule has 0 spiro atoms. The molecule has 1 aromatic carbocycles. The number of nitrogens with zero attached hydrogens (tertiary/aromatic N) is 3. The van der Waals surface area contributed by atoms with Crippen LogP contribution in [0.25, 0.3) is 11.3 Å². The summed E-state index contributed by atoms with van der Waals surface area (Å²) in [4.78, 5) is 22.3. The second-order valence-corrected chi connectivity index (χ2v) is 5.30. The van der Waals surface area contributed by atoms with Gasteiger partial charge in [-0.25, -0.2) is 9.97 Å². The normalized spacial score (nSPS) is 10.5. The van der Waals surface area contributed by atoms with Crippen molar-refractivity contribution in [1.29, 1.82) is 0 Å². The summed E-state index contributed by atoms with van der Waals surface area (Å²) in [5.41, 5.74) is 7.30. The monoisotopic (exact) mass is 298 g/mol. The SMILES string of the molecule is CCCCCN(C)c1nc(C(N)=O)cc(-c2ccccc2)n1. The summed E-state index contributed by atoms with van der Waals surface area (Å²) in [5.74, 6) is -0.00551. The van der Waals surface area contributed by atoms with Gasteiger partial charge >= 0.3 is 0 Å². The van der Waals surface area contributed by atoms with Crippen molar-refractivity contribution < 1.29 is 4.79 Å². The Morgan fingerprint density at radius 2 is 1.91 bits per heavy atom. The Morgan fingerprint density at radius 3 is 2.55 bits per heavy atom. The minimum Gasteiger partial charge on any atom is -0.364 e. The molecule has 0 atom stereocenters. The van der Waals surface area contributed by atoms with Gasteiger partial charge in [-0.05, 0) is 12.5 Å². The number of rotatable bonds is 7. The van der Waals surface area contributed by atoms with Crippen molar-refractivity contribution in [2.45, 2.75) is 26.2 Å². The first-order valence-electron chi connectivity index (χ1n) is 7.57. The second kappa shape index (κ2) is 7.54. The summed E-state index contributed by atoms with van der Waals surface area (Å²) in [6, 6.07) is 11.4. The van der Waals surface area contributed by atoms with E-state index in [0.717, 1.165) is 31.4 Å². The van der Waals surface area contributed by atoms with Crippen LogP contribution in [0, 0.1) is 0 Å². The van der Waals surface area contributed by atoms with Gasteiger partial charge in [0.05, 0.1) is 5.69 Å². The Labute approximate surface area is 131 Å². The molecule has 0 aliphatic rings. The van der Waals surface area contributed by atoms with Gasteiger partial charge in [0.15, 0.2) is 0 Å². The van der Waals surface area contributed by atoms with E-state index in [1.165, 1.54) is 0 Å². The molecule has 116 valence electrons. The van der Waals surface area contributed by atoms with Crippen molar-refractivity contribution in [2.24, 2.45) is 5.73 Å². The van der Waals surface area contributed by atoms with Crippen molar-refractivity contribution >= 4 is 11.9 Å². The van der Waals surface area contributed by atoms with E-state index in [2.05, 4.69) is 16.9 Å². The maximum atomic E-state index is 11.5. The van der Waals surface area contributed by atoms with Crippen molar-refractivity contribution in [3.05, 3.63) is 42.1 Å². The van der Waals surface area contributed by atoms with Crippen LogP contribution in [0.4, 0.5) is 5.95 Å². The minimum atomic E-state index is -0.539. The number of anilines is 1. The second-order valence-electron chi connectivity index (χ2n) is 5.30. The predicted molar refractivity (Wildman–Crippen MR) is 88.8 cm³/mol. The number of unbranched alkanes of at least 4 members (excludes halogenated alkanes) is 2. The average molecular weight is 298 g/mol. The number of carbonyl (C=O) groups is 1. The van der Waals surface area contributed by atoms with Crippen LogP contribution in [0.15, 0.2) is 36.4 Å². The molecule has 22 heavy (non-hydrogen) atoms. The summed E-state index contributed by atoms with van der Waals surface area (Å²) in [6.07, 6.45) is 3.38. The zero-order valence-corrected chi connectivity index (χ0v) is 13.1. The van der Waals surface area contributed by atoms with Gasteiger partial charge in [-0.1, -0.05) is 50.1 Å². The summed E-state index contributed by atoms with van der Waals surface area (Å²) >= 11 is 0. The molecule has 1 aromatic heterocycles. The van der Waals surface area contributed by atoms with Gasteiger partial charge in [0, 0.05) is 19.2 Å². The van der Waals surface area contributed by atoms with E-state index in [1.807, 2.05) is 42.3 Å². The average Bonchev–Trinajstić information content (AvgIpc) is 2.55. The zero-order chi connectivity index (χ0) is 15.9. The highest BCUT2D eigenvalue weighted by Gasteiger charge is 2.13. The molecule has 0 saturated heterocycles. The summed E-state index contributed by atoms with van der Waals surface area (Å²) < 4.78 is 0. The van der Waals surface area contributed by atoms with E-state index < -0.39 is 5.91 Å². The highest BCUT2D eigenvalue weighted by molar-refractivity contribution is 5.92. The van der Waals surface area contributed by atoms with E-state index in [0.29, 0.717) is 11.6 Å². The Balaban J connectivity index is 2.33. The third-order valence-electron chi connectivity index (χ3n) is 3.47. The number of hydrogen-bond acceptors (Lipinski definition) is 4. The summed E-state index contributed by atoms with van der Waals surface area (Å²) in [6.45, 7) is 3.02. The molecule has 5 nitrogen and oxygen atoms in total. The van der Waals surface area contributed by atoms with Crippen molar-refractivity contribution in [3.8, 4) is 11.3 Å². The van der Waals surface area contributed by atoms with Crippen LogP contribution < -0.4 is 10.6 Å². The smallest absolute Gasteiger partial charge is 0.267 e. The number of amides is 1. The van der Waals surface area contributed by atoms with E-state index in [9.17, 15) is 4.79 Å². The molecule has 0 aliphatic carbocycles. The maximum absolute atomic E-state index is 11.5. The van der Waals surface area contributed by atoms with Crippen LogP contribution in [-0.2, 0) is 0 Å². The molecule has 0 aliphatic heterocycles. The first-order chi connectivity index (χ1) is 10.6. The Kier molecular flexibility index (Phi) is 5.47. The molecular weight excluding hydrogens is 276 g/mol. The molecule has 0 radical (unpaired) electrons. The number of primary amides is 1. The molecule has 2 N–H and O–H groups in total. The Hall–Kier alpha value is -2.43. The number of carbonyl (C=O) groups excluding carboxylic acids is 1. The lowest BCUT2D eigenvalue weighted by Gasteiger charge is -2.18. The fourth-order valence-electron chi connectivity index (χ4n) is 2.19. The quantitative estimate of drug-likeness (QED) is 0.798. The number of aromatic nitrogens is 2. The van der Waals surface area contributed by atoms with Gasteiger partial charge in [-0.3, -0.25) is 4.79 Å². The highest BCUT2D eigenvalue weighted by atomic mass is 16.1. The van der Waals surface area contributed by atoms with Gasteiger partial charge in [0.1, 0.15) is 5.69 Å². The molecule has 0 saturated carbocycles.